The number of sulfonamides is 1. The number of nitrogens with one attached hydrogen (secondary N) is 2. The molecule has 0 radical (unpaired) electrons. The molecule has 1 heterocycles. The quantitative estimate of drug-likeness (QED) is 0.655. The molecular formula is C19H19N3O5S. The Kier molecular flexibility index (Phi) is 5.36. The van der Waals surface area contributed by atoms with Gasteiger partial charge in [-0.3, -0.25) is 9.52 Å². The molecule has 2 N–H and O–H groups in total. The first-order valence-corrected chi connectivity index (χ1v) is 9.79. The lowest BCUT2D eigenvalue weighted by molar-refractivity contribution is -0.114. The first-order chi connectivity index (χ1) is 13.3. The zero-order chi connectivity index (χ0) is 20.3. The van der Waals surface area contributed by atoms with Gasteiger partial charge in [0.1, 0.15) is 10.6 Å². The van der Waals surface area contributed by atoms with Crippen LogP contribution in [-0.2, 0) is 14.8 Å². The predicted molar refractivity (Wildman–Crippen MR) is 105 cm³/mol. The lowest BCUT2D eigenvalue weighted by atomic mass is 10.1. The number of carbonyl (C=O) groups excluding carboxylic acids is 1. The van der Waals surface area contributed by atoms with Crippen LogP contribution in [-0.4, -0.2) is 26.6 Å². The van der Waals surface area contributed by atoms with Gasteiger partial charge < -0.3 is 14.6 Å². The fraction of sp³-hybridized carbons (Fsp3) is 0.158. The molecule has 0 fully saturated rings. The van der Waals surface area contributed by atoms with Crippen molar-refractivity contribution < 1.29 is 22.5 Å². The number of amides is 1. The summed E-state index contributed by atoms with van der Waals surface area (Å²) < 4.78 is 38.6. The van der Waals surface area contributed by atoms with Crippen molar-refractivity contribution >= 4 is 27.3 Å². The number of carbonyl (C=O) groups is 1. The van der Waals surface area contributed by atoms with Gasteiger partial charge in [-0.15, -0.1) is 0 Å². The molecule has 3 aromatic rings. The number of aryl methyl sites for hydroxylation is 1. The second kappa shape index (κ2) is 7.73. The zero-order valence-corrected chi connectivity index (χ0v) is 16.3. The Bertz CT molecular complexity index is 1100. The molecule has 0 saturated carbocycles. The van der Waals surface area contributed by atoms with Crippen LogP contribution in [0.5, 0.6) is 5.75 Å². The van der Waals surface area contributed by atoms with E-state index >= 15 is 0 Å². The van der Waals surface area contributed by atoms with Crippen LogP contribution >= 0.6 is 0 Å². The average molecular weight is 401 g/mol. The number of ether oxygens (including phenoxy) is 1. The molecule has 0 unspecified atom stereocenters. The Morgan fingerprint density at radius 3 is 2.32 bits per heavy atom. The number of hydrogen-bond donors (Lipinski definition) is 2. The third-order valence-corrected chi connectivity index (χ3v) is 5.24. The van der Waals surface area contributed by atoms with E-state index in [4.69, 9.17) is 9.26 Å². The van der Waals surface area contributed by atoms with Crippen LogP contribution in [0.1, 0.15) is 12.6 Å². The number of methoxy groups -OCH3 is 1. The van der Waals surface area contributed by atoms with E-state index in [2.05, 4.69) is 15.2 Å². The molecule has 0 atom stereocenters. The van der Waals surface area contributed by atoms with Crippen molar-refractivity contribution in [1.82, 2.24) is 5.16 Å². The topological polar surface area (TPSA) is 111 Å². The molecule has 0 aliphatic heterocycles. The number of aromatic nitrogens is 1. The van der Waals surface area contributed by atoms with Gasteiger partial charge in [0.05, 0.1) is 12.8 Å². The monoisotopic (exact) mass is 401 g/mol. The van der Waals surface area contributed by atoms with Gasteiger partial charge in [0.15, 0.2) is 5.76 Å². The third-order valence-electron chi connectivity index (χ3n) is 3.82. The van der Waals surface area contributed by atoms with Crippen LogP contribution in [0.15, 0.2) is 57.9 Å². The van der Waals surface area contributed by atoms with Crippen LogP contribution in [0.25, 0.3) is 11.3 Å². The molecular weight excluding hydrogens is 382 g/mol. The molecule has 2 aromatic carbocycles. The van der Waals surface area contributed by atoms with Crippen LogP contribution in [0.2, 0.25) is 0 Å². The first-order valence-electron chi connectivity index (χ1n) is 8.31. The summed E-state index contributed by atoms with van der Waals surface area (Å²) in [5.41, 5.74) is 2.29. The molecule has 28 heavy (non-hydrogen) atoms. The number of hydrogen-bond acceptors (Lipinski definition) is 6. The second-order valence-corrected chi connectivity index (χ2v) is 7.71. The molecule has 0 aliphatic rings. The van der Waals surface area contributed by atoms with Crippen molar-refractivity contribution in [2.24, 2.45) is 0 Å². The van der Waals surface area contributed by atoms with E-state index in [9.17, 15) is 13.2 Å². The van der Waals surface area contributed by atoms with E-state index in [1.165, 1.54) is 20.1 Å². The lowest BCUT2D eigenvalue weighted by Crippen LogP contribution is -2.14. The molecule has 0 bridgehead atoms. The zero-order valence-electron chi connectivity index (χ0n) is 15.5. The minimum Gasteiger partial charge on any atom is -0.495 e. The SMILES string of the molecule is COc1cc(-c2cc(C)no2)ccc1S(=O)(=O)Nc1ccc(NC(C)=O)cc1. The molecule has 1 aromatic heterocycles. The van der Waals surface area contributed by atoms with Crippen molar-refractivity contribution in [1.29, 1.82) is 0 Å². The summed E-state index contributed by atoms with van der Waals surface area (Å²) in [4.78, 5) is 11.1. The van der Waals surface area contributed by atoms with Crippen LogP contribution in [0.4, 0.5) is 11.4 Å². The summed E-state index contributed by atoms with van der Waals surface area (Å²) in [5.74, 6) is 0.482. The Labute approximate surface area is 162 Å². The Balaban J connectivity index is 1.87. The van der Waals surface area contributed by atoms with Gasteiger partial charge in [0.25, 0.3) is 10.0 Å². The van der Waals surface area contributed by atoms with E-state index in [0.29, 0.717) is 22.7 Å². The molecule has 8 nitrogen and oxygen atoms in total. The largest absolute Gasteiger partial charge is 0.495 e. The summed E-state index contributed by atoms with van der Waals surface area (Å²) in [6.45, 7) is 3.19. The fourth-order valence-electron chi connectivity index (χ4n) is 2.58. The predicted octanol–water partition coefficient (Wildman–Crippen LogP) is 3.42. The standard InChI is InChI=1S/C19H19N3O5S/c1-12-10-17(27-21-12)14-4-9-19(18(11-14)26-3)28(24,25)22-16-7-5-15(6-8-16)20-13(2)23/h4-11,22H,1-3H3,(H,20,23). The van der Waals surface area contributed by atoms with Gasteiger partial charge in [-0.1, -0.05) is 5.16 Å². The number of benzene rings is 2. The van der Waals surface area contributed by atoms with Gasteiger partial charge in [-0.25, -0.2) is 8.42 Å². The molecule has 9 heteroatoms. The van der Waals surface area contributed by atoms with Gasteiger partial charge in [0, 0.05) is 29.9 Å². The Hall–Kier alpha value is -3.33. The van der Waals surface area contributed by atoms with Gasteiger partial charge >= 0.3 is 0 Å². The number of nitrogens with zero attached hydrogens (tertiary/aromatic N) is 1. The summed E-state index contributed by atoms with van der Waals surface area (Å²) >= 11 is 0. The maximum atomic E-state index is 12.8. The van der Waals surface area contributed by atoms with Crippen molar-refractivity contribution in [3.63, 3.8) is 0 Å². The average Bonchev–Trinajstić information content (AvgIpc) is 3.08. The van der Waals surface area contributed by atoms with Gasteiger partial charge in [-0.05, 0) is 49.4 Å². The maximum absolute atomic E-state index is 12.8. The Morgan fingerprint density at radius 2 is 1.75 bits per heavy atom. The van der Waals surface area contributed by atoms with E-state index in [0.717, 1.165) is 5.69 Å². The highest BCUT2D eigenvalue weighted by Gasteiger charge is 2.21. The highest BCUT2D eigenvalue weighted by molar-refractivity contribution is 7.92. The highest BCUT2D eigenvalue weighted by Crippen LogP contribution is 2.31. The third kappa shape index (κ3) is 4.32. The summed E-state index contributed by atoms with van der Waals surface area (Å²) in [6.07, 6.45) is 0. The number of rotatable bonds is 6. The summed E-state index contributed by atoms with van der Waals surface area (Å²) in [5, 5.41) is 6.45. The van der Waals surface area contributed by atoms with Crippen molar-refractivity contribution in [2.45, 2.75) is 18.7 Å². The second-order valence-electron chi connectivity index (χ2n) is 6.06. The fourth-order valence-corrected chi connectivity index (χ4v) is 3.79. The maximum Gasteiger partial charge on any atom is 0.265 e. The lowest BCUT2D eigenvalue weighted by Gasteiger charge is -2.13. The molecule has 0 saturated heterocycles. The van der Waals surface area contributed by atoms with Crippen LogP contribution in [0.3, 0.4) is 0 Å². The number of anilines is 2. The normalized spacial score (nSPS) is 11.1. The van der Waals surface area contributed by atoms with Crippen LogP contribution < -0.4 is 14.8 Å². The Morgan fingerprint density at radius 1 is 1.07 bits per heavy atom. The van der Waals surface area contributed by atoms with E-state index < -0.39 is 10.0 Å². The first kappa shape index (κ1) is 19.4. The molecule has 3 rings (SSSR count). The van der Waals surface area contributed by atoms with Crippen LogP contribution in [0, 0.1) is 6.92 Å². The minimum absolute atomic E-state index is 0.0130. The molecule has 146 valence electrons. The highest BCUT2D eigenvalue weighted by atomic mass is 32.2. The smallest absolute Gasteiger partial charge is 0.265 e. The molecule has 1 amide bonds. The molecule has 0 aliphatic carbocycles. The van der Waals surface area contributed by atoms with E-state index in [-0.39, 0.29) is 16.6 Å². The van der Waals surface area contributed by atoms with Crippen molar-refractivity contribution in [3.8, 4) is 17.1 Å². The van der Waals surface area contributed by atoms with E-state index in [1.807, 2.05) is 0 Å². The molecule has 0 spiro atoms. The van der Waals surface area contributed by atoms with Gasteiger partial charge in [-0.2, -0.15) is 0 Å². The van der Waals surface area contributed by atoms with Crippen molar-refractivity contribution in [3.05, 3.63) is 54.2 Å². The van der Waals surface area contributed by atoms with Crippen molar-refractivity contribution in [2.75, 3.05) is 17.1 Å². The summed E-state index contributed by atoms with van der Waals surface area (Å²) in [6, 6.07) is 12.7. The summed E-state index contributed by atoms with van der Waals surface area (Å²) in [7, 11) is -2.50. The minimum atomic E-state index is -3.89. The van der Waals surface area contributed by atoms with E-state index in [1.54, 1.807) is 49.4 Å². The van der Waals surface area contributed by atoms with Gasteiger partial charge in [0.2, 0.25) is 5.91 Å².